The number of nitrogens with one attached hydrogen (secondary N) is 1. The van der Waals surface area contributed by atoms with Gasteiger partial charge in [0.15, 0.2) is 0 Å². The largest absolute Gasteiger partial charge is 0.355 e. The summed E-state index contributed by atoms with van der Waals surface area (Å²) >= 11 is 0. The van der Waals surface area contributed by atoms with Crippen LogP contribution in [0, 0.1) is 11.8 Å². The van der Waals surface area contributed by atoms with Crippen LogP contribution in [0.1, 0.15) is 21.5 Å². The van der Waals surface area contributed by atoms with E-state index in [9.17, 15) is 4.79 Å². The molecule has 18 heavy (non-hydrogen) atoms. The summed E-state index contributed by atoms with van der Waals surface area (Å²) in [6.45, 7) is 0. The van der Waals surface area contributed by atoms with Crippen LogP contribution in [0.3, 0.4) is 0 Å². The van der Waals surface area contributed by atoms with Crippen LogP contribution in [0.5, 0.6) is 0 Å². The van der Waals surface area contributed by atoms with Gasteiger partial charge in [-0.05, 0) is 30.3 Å². The summed E-state index contributed by atoms with van der Waals surface area (Å²) in [5.41, 5.74) is 2.42. The van der Waals surface area contributed by atoms with Crippen molar-refractivity contribution in [3.05, 3.63) is 71.3 Å². The number of rotatable bonds is 1. The third kappa shape index (κ3) is 2.99. The van der Waals surface area contributed by atoms with E-state index in [2.05, 4.69) is 17.2 Å². The van der Waals surface area contributed by atoms with Crippen LogP contribution >= 0.6 is 0 Å². The van der Waals surface area contributed by atoms with Gasteiger partial charge in [-0.1, -0.05) is 36.1 Å². The summed E-state index contributed by atoms with van der Waals surface area (Å²) in [6.07, 6.45) is 0. The topological polar surface area (TPSA) is 29.1 Å². The molecule has 1 N–H and O–H groups in total. The smallest absolute Gasteiger partial charge is 0.251 e. The quantitative estimate of drug-likeness (QED) is 0.756. The van der Waals surface area contributed by atoms with E-state index >= 15 is 0 Å². The molecule has 0 radical (unpaired) electrons. The maximum absolute atomic E-state index is 11.5. The lowest BCUT2D eigenvalue weighted by molar-refractivity contribution is 0.0963. The normalized spacial score (nSPS) is 9.17. The van der Waals surface area contributed by atoms with Gasteiger partial charge in [-0.25, -0.2) is 0 Å². The highest BCUT2D eigenvalue weighted by atomic mass is 16.1. The lowest BCUT2D eigenvalue weighted by Crippen LogP contribution is -2.17. The van der Waals surface area contributed by atoms with Crippen molar-refractivity contribution in [1.82, 2.24) is 5.32 Å². The van der Waals surface area contributed by atoms with Gasteiger partial charge in [0.1, 0.15) is 0 Å². The molecule has 0 spiro atoms. The molecular weight excluding hydrogens is 222 g/mol. The van der Waals surface area contributed by atoms with Crippen molar-refractivity contribution in [2.24, 2.45) is 0 Å². The molecule has 0 aliphatic rings. The summed E-state index contributed by atoms with van der Waals surface area (Å²) < 4.78 is 0. The molecule has 0 saturated heterocycles. The number of benzene rings is 2. The van der Waals surface area contributed by atoms with Gasteiger partial charge >= 0.3 is 0 Å². The van der Waals surface area contributed by atoms with Gasteiger partial charge in [-0.2, -0.15) is 0 Å². The zero-order valence-electron chi connectivity index (χ0n) is 10.1. The molecule has 2 aromatic carbocycles. The van der Waals surface area contributed by atoms with Crippen LogP contribution in [0.25, 0.3) is 0 Å². The molecule has 0 heterocycles. The predicted molar refractivity (Wildman–Crippen MR) is 72.3 cm³/mol. The Kier molecular flexibility index (Phi) is 3.78. The Morgan fingerprint density at radius 2 is 1.61 bits per heavy atom. The first-order valence-corrected chi connectivity index (χ1v) is 5.69. The second-order valence-electron chi connectivity index (χ2n) is 3.78. The van der Waals surface area contributed by atoms with Crippen molar-refractivity contribution in [2.45, 2.75) is 0 Å². The molecule has 0 unspecified atom stereocenters. The molecule has 0 aliphatic heterocycles. The molecule has 1 amide bonds. The minimum Gasteiger partial charge on any atom is -0.355 e. The minimum atomic E-state index is -0.0987. The molecule has 0 atom stereocenters. The van der Waals surface area contributed by atoms with E-state index in [1.165, 1.54) is 0 Å². The minimum absolute atomic E-state index is 0.0987. The zero-order chi connectivity index (χ0) is 12.8. The number of amides is 1. The van der Waals surface area contributed by atoms with Gasteiger partial charge in [0.25, 0.3) is 5.91 Å². The molecule has 2 heteroatoms. The molecule has 0 fully saturated rings. The van der Waals surface area contributed by atoms with E-state index in [0.29, 0.717) is 5.56 Å². The highest BCUT2D eigenvalue weighted by molar-refractivity contribution is 5.94. The standard InChI is InChI=1S/C16H13NO/c1-17-16(18)15-9-5-8-14(12-15)11-10-13-6-3-2-4-7-13/h2-9,12H,1H3,(H,17,18). The molecule has 0 aliphatic carbocycles. The molecule has 88 valence electrons. The molecule has 0 bridgehead atoms. The van der Waals surface area contributed by atoms with Crippen molar-refractivity contribution in [2.75, 3.05) is 7.05 Å². The molecular formula is C16H13NO. The molecule has 2 nitrogen and oxygen atoms in total. The second kappa shape index (κ2) is 5.70. The fourth-order valence-electron chi connectivity index (χ4n) is 1.55. The zero-order valence-corrected chi connectivity index (χ0v) is 10.1. The average Bonchev–Trinajstić information content (AvgIpc) is 2.45. The summed E-state index contributed by atoms with van der Waals surface area (Å²) in [7, 11) is 1.62. The monoisotopic (exact) mass is 235 g/mol. The Bertz CT molecular complexity index is 606. The summed E-state index contributed by atoms with van der Waals surface area (Å²) in [5.74, 6) is 6.01. The van der Waals surface area contributed by atoms with Gasteiger partial charge in [0.05, 0.1) is 0 Å². The summed E-state index contributed by atoms with van der Waals surface area (Å²) in [4.78, 5) is 11.5. The van der Waals surface area contributed by atoms with Gasteiger partial charge in [-0.3, -0.25) is 4.79 Å². The van der Waals surface area contributed by atoms with E-state index in [1.54, 1.807) is 19.2 Å². The van der Waals surface area contributed by atoms with Crippen LogP contribution in [-0.2, 0) is 0 Å². The fourth-order valence-corrected chi connectivity index (χ4v) is 1.55. The Balaban J connectivity index is 2.25. The first kappa shape index (κ1) is 11.9. The lowest BCUT2D eigenvalue weighted by Gasteiger charge is -1.99. The van der Waals surface area contributed by atoms with Crippen molar-refractivity contribution >= 4 is 5.91 Å². The summed E-state index contributed by atoms with van der Waals surface area (Å²) in [6, 6.07) is 17.0. The number of carbonyl (C=O) groups excluding carboxylic acids is 1. The van der Waals surface area contributed by atoms with E-state index in [1.807, 2.05) is 42.5 Å². The highest BCUT2D eigenvalue weighted by Gasteiger charge is 2.01. The first-order chi connectivity index (χ1) is 8.79. The Morgan fingerprint density at radius 1 is 0.944 bits per heavy atom. The second-order valence-corrected chi connectivity index (χ2v) is 3.78. The van der Waals surface area contributed by atoms with Gasteiger partial charge in [0.2, 0.25) is 0 Å². The van der Waals surface area contributed by atoms with Crippen molar-refractivity contribution in [3.63, 3.8) is 0 Å². The average molecular weight is 235 g/mol. The van der Waals surface area contributed by atoms with Gasteiger partial charge in [0, 0.05) is 23.7 Å². The summed E-state index contributed by atoms with van der Waals surface area (Å²) in [5, 5.41) is 2.60. The van der Waals surface area contributed by atoms with Crippen LogP contribution in [-0.4, -0.2) is 13.0 Å². The van der Waals surface area contributed by atoms with Crippen molar-refractivity contribution in [3.8, 4) is 11.8 Å². The van der Waals surface area contributed by atoms with Crippen LogP contribution < -0.4 is 5.32 Å². The van der Waals surface area contributed by atoms with Crippen LogP contribution in [0.2, 0.25) is 0 Å². The van der Waals surface area contributed by atoms with Gasteiger partial charge < -0.3 is 5.32 Å². The fraction of sp³-hybridized carbons (Fsp3) is 0.0625. The maximum Gasteiger partial charge on any atom is 0.251 e. The van der Waals surface area contributed by atoms with Crippen molar-refractivity contribution in [1.29, 1.82) is 0 Å². The molecule has 2 aromatic rings. The number of hydrogen-bond acceptors (Lipinski definition) is 1. The van der Waals surface area contributed by atoms with Crippen LogP contribution in [0.15, 0.2) is 54.6 Å². The van der Waals surface area contributed by atoms with Crippen molar-refractivity contribution < 1.29 is 4.79 Å². The van der Waals surface area contributed by atoms with Gasteiger partial charge in [-0.15, -0.1) is 0 Å². The number of carbonyl (C=O) groups is 1. The molecule has 2 rings (SSSR count). The lowest BCUT2D eigenvalue weighted by atomic mass is 10.1. The van der Waals surface area contributed by atoms with E-state index in [-0.39, 0.29) is 5.91 Å². The predicted octanol–water partition coefficient (Wildman–Crippen LogP) is 2.45. The van der Waals surface area contributed by atoms with Crippen LogP contribution in [0.4, 0.5) is 0 Å². The number of hydrogen-bond donors (Lipinski definition) is 1. The van der Waals surface area contributed by atoms with E-state index < -0.39 is 0 Å². The first-order valence-electron chi connectivity index (χ1n) is 5.69. The highest BCUT2D eigenvalue weighted by Crippen LogP contribution is 2.04. The SMILES string of the molecule is CNC(=O)c1cccc(C#Cc2ccccc2)c1. The van der Waals surface area contributed by atoms with E-state index in [0.717, 1.165) is 11.1 Å². The Hall–Kier alpha value is -2.53. The molecule has 0 saturated carbocycles. The third-order valence-corrected chi connectivity index (χ3v) is 2.48. The molecule has 0 aromatic heterocycles. The third-order valence-electron chi connectivity index (χ3n) is 2.48. The van der Waals surface area contributed by atoms with E-state index in [4.69, 9.17) is 0 Å². The Morgan fingerprint density at radius 3 is 2.33 bits per heavy atom. The maximum atomic E-state index is 11.5. The Labute approximate surface area is 107 Å².